The van der Waals surface area contributed by atoms with Crippen LogP contribution in [0.2, 0.25) is 0 Å². The number of hydrogen-bond acceptors (Lipinski definition) is 3. The number of benzene rings is 1. The van der Waals surface area contributed by atoms with Crippen molar-refractivity contribution in [2.45, 2.75) is 26.0 Å². The highest BCUT2D eigenvalue weighted by molar-refractivity contribution is 5.99. The third kappa shape index (κ3) is 3.22. The van der Waals surface area contributed by atoms with Gasteiger partial charge in [0.2, 0.25) is 5.91 Å². The van der Waals surface area contributed by atoms with Crippen LogP contribution >= 0.6 is 0 Å². The number of morpholine rings is 1. The number of aliphatic imine (C=N–C) groups is 1. The van der Waals surface area contributed by atoms with Crippen molar-refractivity contribution in [1.82, 2.24) is 4.90 Å². The smallest absolute Gasteiger partial charge is 0.228 e. The number of amides is 1. The lowest BCUT2D eigenvalue weighted by atomic mass is 10.1. The van der Waals surface area contributed by atoms with Crippen LogP contribution in [0, 0.1) is 0 Å². The molecule has 2 heterocycles. The van der Waals surface area contributed by atoms with Gasteiger partial charge in [-0.15, -0.1) is 0 Å². The van der Waals surface area contributed by atoms with Crippen LogP contribution in [0.25, 0.3) is 0 Å². The summed E-state index contributed by atoms with van der Waals surface area (Å²) in [5.41, 5.74) is 8.08. The van der Waals surface area contributed by atoms with Gasteiger partial charge in [0.15, 0.2) is 5.96 Å². The molecule has 22 heavy (non-hydrogen) atoms. The number of nitrogens with zero attached hydrogens (tertiary/aromatic N) is 3. The Morgan fingerprint density at radius 2 is 2.32 bits per heavy atom. The molecule has 0 aromatic heterocycles. The average molecular weight is 302 g/mol. The minimum Gasteiger partial charge on any atom is -0.375 e. The Kier molecular flexibility index (Phi) is 4.29. The van der Waals surface area contributed by atoms with E-state index in [1.54, 1.807) is 4.90 Å². The third-order valence-corrected chi connectivity index (χ3v) is 4.06. The first-order chi connectivity index (χ1) is 10.6. The molecular weight excluding hydrogens is 280 g/mol. The number of carbonyl (C=O) groups excluding carboxylic acids is 1. The Hall–Kier alpha value is -2.08. The van der Waals surface area contributed by atoms with Gasteiger partial charge in [0, 0.05) is 31.7 Å². The predicted molar refractivity (Wildman–Crippen MR) is 85.7 cm³/mol. The second-order valence-electron chi connectivity index (χ2n) is 5.77. The van der Waals surface area contributed by atoms with Crippen molar-refractivity contribution in [3.8, 4) is 0 Å². The molecule has 1 amide bonds. The SMILES string of the molecule is CC1CN(C(N)=NCc2cccc(N3CCC3=O)c2)CCO1. The van der Waals surface area contributed by atoms with E-state index in [1.165, 1.54) is 0 Å². The number of ether oxygens (including phenoxy) is 1. The molecule has 0 radical (unpaired) electrons. The van der Waals surface area contributed by atoms with Crippen molar-refractivity contribution in [2.24, 2.45) is 10.7 Å². The van der Waals surface area contributed by atoms with Crippen molar-refractivity contribution in [3.05, 3.63) is 29.8 Å². The summed E-state index contributed by atoms with van der Waals surface area (Å²) in [6.45, 7) is 5.60. The van der Waals surface area contributed by atoms with Gasteiger partial charge in [-0.1, -0.05) is 12.1 Å². The number of β-lactam (4-membered cyclic amide) rings is 1. The van der Waals surface area contributed by atoms with E-state index in [9.17, 15) is 4.79 Å². The highest BCUT2D eigenvalue weighted by Gasteiger charge is 2.25. The number of rotatable bonds is 3. The molecule has 0 spiro atoms. The van der Waals surface area contributed by atoms with Gasteiger partial charge < -0.3 is 20.3 Å². The molecule has 2 fully saturated rings. The van der Waals surface area contributed by atoms with Gasteiger partial charge in [0.25, 0.3) is 0 Å². The number of guanidine groups is 1. The molecule has 1 aromatic rings. The molecule has 6 nitrogen and oxygen atoms in total. The molecule has 6 heteroatoms. The van der Waals surface area contributed by atoms with E-state index >= 15 is 0 Å². The standard InChI is InChI=1S/C16H22N4O2/c1-12-11-19(7-8-22-12)16(17)18-10-13-3-2-4-14(9-13)20-6-5-15(20)21/h2-4,9,12H,5-8,10-11H2,1H3,(H2,17,18). The van der Waals surface area contributed by atoms with Crippen LogP contribution < -0.4 is 10.6 Å². The molecule has 1 unspecified atom stereocenters. The quantitative estimate of drug-likeness (QED) is 0.513. The zero-order chi connectivity index (χ0) is 15.5. The van der Waals surface area contributed by atoms with Crippen molar-refractivity contribution in [3.63, 3.8) is 0 Å². The molecule has 0 saturated carbocycles. The van der Waals surface area contributed by atoms with Crippen LogP contribution in [0.3, 0.4) is 0 Å². The highest BCUT2D eigenvalue weighted by Crippen LogP contribution is 2.23. The Morgan fingerprint density at radius 3 is 3.00 bits per heavy atom. The summed E-state index contributed by atoms with van der Waals surface area (Å²) in [6.07, 6.45) is 0.827. The van der Waals surface area contributed by atoms with E-state index in [1.807, 2.05) is 31.2 Å². The molecule has 1 atom stereocenters. The van der Waals surface area contributed by atoms with Crippen LogP contribution in [0.15, 0.2) is 29.3 Å². The Bertz CT molecular complexity index is 587. The lowest BCUT2D eigenvalue weighted by Gasteiger charge is -2.32. The second kappa shape index (κ2) is 6.36. The zero-order valence-electron chi connectivity index (χ0n) is 12.9. The fourth-order valence-electron chi connectivity index (χ4n) is 2.71. The molecule has 2 aliphatic rings. The maximum atomic E-state index is 11.5. The van der Waals surface area contributed by atoms with Crippen LogP contribution in [-0.4, -0.2) is 49.1 Å². The minimum atomic E-state index is 0.183. The summed E-state index contributed by atoms with van der Waals surface area (Å²) in [6, 6.07) is 7.93. The normalized spacial score (nSPS) is 22.7. The molecule has 1 aromatic carbocycles. The maximum Gasteiger partial charge on any atom is 0.228 e. The van der Waals surface area contributed by atoms with Gasteiger partial charge in [-0.25, -0.2) is 4.99 Å². The van der Waals surface area contributed by atoms with E-state index in [4.69, 9.17) is 10.5 Å². The molecule has 118 valence electrons. The summed E-state index contributed by atoms with van der Waals surface area (Å²) < 4.78 is 5.50. The fourth-order valence-corrected chi connectivity index (χ4v) is 2.71. The number of hydrogen-bond donors (Lipinski definition) is 1. The maximum absolute atomic E-state index is 11.5. The van der Waals surface area contributed by atoms with E-state index in [0.717, 1.165) is 30.9 Å². The van der Waals surface area contributed by atoms with Crippen molar-refractivity contribution >= 4 is 17.6 Å². The first kappa shape index (κ1) is 14.8. The number of anilines is 1. The second-order valence-corrected chi connectivity index (χ2v) is 5.77. The van der Waals surface area contributed by atoms with Gasteiger partial charge in [-0.3, -0.25) is 4.79 Å². The van der Waals surface area contributed by atoms with Gasteiger partial charge in [0.05, 0.1) is 19.3 Å². The topological polar surface area (TPSA) is 71.2 Å². The van der Waals surface area contributed by atoms with Crippen molar-refractivity contribution in [1.29, 1.82) is 0 Å². The Labute approximate surface area is 130 Å². The lowest BCUT2D eigenvalue weighted by molar-refractivity contribution is -0.122. The van der Waals surface area contributed by atoms with Gasteiger partial charge in [-0.2, -0.15) is 0 Å². The summed E-state index contributed by atoms with van der Waals surface area (Å²) in [4.78, 5) is 19.8. The monoisotopic (exact) mass is 302 g/mol. The highest BCUT2D eigenvalue weighted by atomic mass is 16.5. The molecule has 2 aliphatic heterocycles. The van der Waals surface area contributed by atoms with Crippen molar-refractivity contribution in [2.75, 3.05) is 31.1 Å². The van der Waals surface area contributed by atoms with E-state index in [-0.39, 0.29) is 12.0 Å². The third-order valence-electron chi connectivity index (χ3n) is 4.06. The van der Waals surface area contributed by atoms with Crippen LogP contribution in [0.5, 0.6) is 0 Å². The first-order valence-electron chi connectivity index (χ1n) is 7.69. The zero-order valence-corrected chi connectivity index (χ0v) is 12.9. The van der Waals surface area contributed by atoms with Gasteiger partial charge in [-0.05, 0) is 24.6 Å². The molecule has 2 N–H and O–H groups in total. The molecule has 0 bridgehead atoms. The predicted octanol–water partition coefficient (Wildman–Crippen LogP) is 0.959. The fraction of sp³-hybridized carbons (Fsp3) is 0.500. The minimum absolute atomic E-state index is 0.183. The summed E-state index contributed by atoms with van der Waals surface area (Å²) in [7, 11) is 0. The number of nitrogens with two attached hydrogens (primary N) is 1. The summed E-state index contributed by atoms with van der Waals surface area (Å²) in [5.74, 6) is 0.739. The van der Waals surface area contributed by atoms with Crippen LogP contribution in [0.1, 0.15) is 18.9 Å². The van der Waals surface area contributed by atoms with Gasteiger partial charge >= 0.3 is 0 Å². The lowest BCUT2D eigenvalue weighted by Crippen LogP contribution is -2.47. The van der Waals surface area contributed by atoms with Crippen molar-refractivity contribution < 1.29 is 9.53 Å². The molecule has 3 rings (SSSR count). The van der Waals surface area contributed by atoms with Crippen LogP contribution in [-0.2, 0) is 16.1 Å². The Morgan fingerprint density at radius 1 is 1.45 bits per heavy atom. The average Bonchev–Trinajstić information content (AvgIpc) is 2.51. The van der Waals surface area contributed by atoms with E-state index in [0.29, 0.717) is 25.5 Å². The first-order valence-corrected chi connectivity index (χ1v) is 7.69. The Balaban J connectivity index is 1.64. The molecule has 0 aliphatic carbocycles. The van der Waals surface area contributed by atoms with Gasteiger partial charge in [0.1, 0.15) is 0 Å². The van der Waals surface area contributed by atoms with Crippen LogP contribution in [0.4, 0.5) is 5.69 Å². The molecule has 2 saturated heterocycles. The van der Waals surface area contributed by atoms with E-state index in [2.05, 4.69) is 9.89 Å². The van der Waals surface area contributed by atoms with E-state index < -0.39 is 0 Å². The number of carbonyl (C=O) groups is 1. The largest absolute Gasteiger partial charge is 0.375 e. The summed E-state index contributed by atoms with van der Waals surface area (Å²) in [5, 5.41) is 0. The summed E-state index contributed by atoms with van der Waals surface area (Å²) >= 11 is 0. The molecular formula is C16H22N4O2.